The molecule has 0 saturated heterocycles. The zero-order valence-corrected chi connectivity index (χ0v) is 38.6. The van der Waals surface area contributed by atoms with Crippen molar-refractivity contribution in [2.24, 2.45) is 0 Å². The fraction of sp³-hybridized carbons (Fsp3) is 0.161. The monoisotopic (exact) mass is 856 g/mol. The summed E-state index contributed by atoms with van der Waals surface area (Å²) in [5.74, 6) is 0. The van der Waals surface area contributed by atoms with Crippen LogP contribution in [0.5, 0.6) is 0 Å². The van der Waals surface area contributed by atoms with E-state index in [0.29, 0.717) is 0 Å². The summed E-state index contributed by atoms with van der Waals surface area (Å²) in [6.45, 7) is 13.3. The Bertz CT molecular complexity index is 3610. The molecule has 0 amide bonds. The summed E-state index contributed by atoms with van der Waals surface area (Å²) in [7, 11) is 0. The highest BCUT2D eigenvalue weighted by Gasteiger charge is 2.27. The lowest BCUT2D eigenvalue weighted by Crippen LogP contribution is -2.13. The third-order valence-corrected chi connectivity index (χ3v) is 14.0. The average molecular weight is 857 g/mol. The van der Waals surface area contributed by atoms with E-state index in [1.807, 2.05) is 0 Å². The predicted molar refractivity (Wildman–Crippen MR) is 281 cm³/mol. The molecule has 0 fully saturated rings. The first-order valence-electron chi connectivity index (χ1n) is 23.6. The Labute approximate surface area is 385 Å². The zero-order valence-electron chi connectivity index (χ0n) is 38.6. The highest BCUT2D eigenvalue weighted by molar-refractivity contribution is 6.29. The zero-order chi connectivity index (χ0) is 44.8. The smallest absolute Gasteiger partial charge is 0.159 e. The first-order chi connectivity index (χ1) is 32.3. The minimum absolute atomic E-state index is 0.899. The van der Waals surface area contributed by atoms with Crippen LogP contribution in [0.3, 0.4) is 0 Å². The van der Waals surface area contributed by atoms with Crippen molar-refractivity contribution in [1.82, 2.24) is 0 Å². The van der Waals surface area contributed by atoms with E-state index < -0.39 is 0 Å². The van der Waals surface area contributed by atoms with Gasteiger partial charge in [-0.3, -0.25) is 0 Å². The van der Waals surface area contributed by atoms with Crippen LogP contribution in [-0.2, 0) is 12.8 Å². The largest absolute Gasteiger partial charge is 0.454 e. The second kappa shape index (κ2) is 15.6. The first-order valence-corrected chi connectivity index (χ1v) is 23.6. The summed E-state index contributed by atoms with van der Waals surface area (Å²) in [5, 5.41) is 11.9. The van der Waals surface area contributed by atoms with Gasteiger partial charge in [0.15, 0.2) is 11.2 Å². The minimum atomic E-state index is 0.899. The van der Waals surface area contributed by atoms with E-state index in [9.17, 15) is 0 Å². The van der Waals surface area contributed by atoms with Crippen molar-refractivity contribution >= 4 is 110 Å². The highest BCUT2D eigenvalue weighted by Crippen LogP contribution is 2.51. The molecule has 0 atom stereocenters. The molecule has 0 saturated carbocycles. The number of para-hydroxylation sites is 4. The summed E-state index contributed by atoms with van der Waals surface area (Å²) in [4.78, 5) is 4.91. The van der Waals surface area contributed by atoms with E-state index >= 15 is 0 Å². The van der Waals surface area contributed by atoms with E-state index in [1.54, 1.807) is 0 Å². The molecule has 0 N–H and O–H groups in total. The standard InChI is InChI=1S/C62H52N2O2/c1-7-13-43-15-9-17-45-47-19-11-21-53(61(47)65-59(43)45)63(55-35-37(3)23-25-39(55)5)51-33-29-41-28-32-50-52(34-30-42-27-31-49(51)57(41)58(42)50)64(56-36-38(4)24-26-40(56)6)54-22-12-20-48-46-18-10-16-44(14-8-2)60(46)66-62(48)54/h9-12,15-36H,7-8,13-14H2,1-6H3. The van der Waals surface area contributed by atoms with E-state index in [4.69, 9.17) is 8.83 Å². The lowest BCUT2D eigenvalue weighted by molar-refractivity contribution is 0.661. The number of hydrogen-bond donors (Lipinski definition) is 0. The van der Waals surface area contributed by atoms with Crippen LogP contribution in [0.15, 0.2) is 167 Å². The molecule has 12 rings (SSSR count). The van der Waals surface area contributed by atoms with Crippen molar-refractivity contribution in [2.45, 2.75) is 67.2 Å². The molecule has 2 heterocycles. The maximum absolute atomic E-state index is 7.04. The summed E-state index contributed by atoms with van der Waals surface area (Å²) in [6, 6.07) is 58.5. The minimum Gasteiger partial charge on any atom is -0.454 e. The van der Waals surface area contributed by atoms with Crippen LogP contribution in [0.2, 0.25) is 0 Å². The number of nitrogens with zero attached hydrogens (tertiary/aromatic N) is 2. The highest BCUT2D eigenvalue weighted by atomic mass is 16.3. The van der Waals surface area contributed by atoms with Crippen LogP contribution >= 0.6 is 0 Å². The molecular weight excluding hydrogens is 805 g/mol. The van der Waals surface area contributed by atoms with Crippen molar-refractivity contribution in [3.8, 4) is 0 Å². The predicted octanol–water partition coefficient (Wildman–Crippen LogP) is 18.5. The molecular formula is C62H52N2O2. The van der Waals surface area contributed by atoms with Crippen LogP contribution in [0.1, 0.15) is 60.1 Å². The molecule has 10 aromatic carbocycles. The first kappa shape index (κ1) is 40.0. The molecule has 4 heteroatoms. The van der Waals surface area contributed by atoms with E-state index in [1.165, 1.54) is 65.7 Å². The maximum Gasteiger partial charge on any atom is 0.159 e. The Morgan fingerprint density at radius 1 is 0.348 bits per heavy atom. The Hall–Kier alpha value is -7.56. The molecule has 2 aromatic heterocycles. The van der Waals surface area contributed by atoms with Crippen molar-refractivity contribution in [3.05, 3.63) is 191 Å². The number of hydrogen-bond acceptors (Lipinski definition) is 4. The number of aryl methyl sites for hydroxylation is 6. The van der Waals surface area contributed by atoms with Gasteiger partial charge in [0, 0.05) is 43.7 Å². The van der Waals surface area contributed by atoms with Crippen LogP contribution in [0, 0.1) is 27.7 Å². The number of benzene rings is 10. The number of furan rings is 2. The van der Waals surface area contributed by atoms with Crippen molar-refractivity contribution in [2.75, 3.05) is 9.80 Å². The summed E-state index contributed by atoms with van der Waals surface area (Å²) >= 11 is 0. The molecule has 322 valence electrons. The van der Waals surface area contributed by atoms with Crippen molar-refractivity contribution < 1.29 is 8.83 Å². The van der Waals surface area contributed by atoms with E-state index in [2.05, 4.69) is 209 Å². The van der Waals surface area contributed by atoms with E-state index in [0.717, 1.165) is 104 Å². The molecule has 0 aliphatic rings. The Morgan fingerprint density at radius 2 is 0.742 bits per heavy atom. The number of anilines is 6. The van der Waals surface area contributed by atoms with Crippen LogP contribution in [0.25, 0.3) is 76.2 Å². The molecule has 0 aliphatic heterocycles. The lowest BCUT2D eigenvalue weighted by Gasteiger charge is -2.30. The van der Waals surface area contributed by atoms with Gasteiger partial charge >= 0.3 is 0 Å². The number of fused-ring (bicyclic) bond motifs is 6. The molecule has 0 aliphatic carbocycles. The average Bonchev–Trinajstić information content (AvgIpc) is 3.92. The molecule has 0 unspecified atom stereocenters. The summed E-state index contributed by atoms with van der Waals surface area (Å²) in [6.07, 6.45) is 4.05. The van der Waals surface area contributed by atoms with Crippen LogP contribution < -0.4 is 9.80 Å². The van der Waals surface area contributed by atoms with Gasteiger partial charge in [0.25, 0.3) is 0 Å². The third kappa shape index (κ3) is 6.11. The quantitative estimate of drug-likeness (QED) is 0.128. The summed E-state index contributed by atoms with van der Waals surface area (Å²) in [5.41, 5.74) is 17.6. The van der Waals surface area contributed by atoms with Crippen molar-refractivity contribution in [3.63, 3.8) is 0 Å². The van der Waals surface area contributed by atoms with Gasteiger partial charge in [-0.25, -0.2) is 0 Å². The van der Waals surface area contributed by atoms with Gasteiger partial charge in [0.1, 0.15) is 11.2 Å². The fourth-order valence-electron chi connectivity index (χ4n) is 10.9. The maximum atomic E-state index is 7.04. The second-order valence-corrected chi connectivity index (χ2v) is 18.4. The Morgan fingerprint density at radius 3 is 1.17 bits per heavy atom. The van der Waals surface area contributed by atoms with Gasteiger partial charge in [0.2, 0.25) is 0 Å². The third-order valence-electron chi connectivity index (χ3n) is 14.0. The Balaban J connectivity index is 1.14. The molecule has 12 aromatic rings. The van der Waals surface area contributed by atoms with Gasteiger partial charge in [-0.2, -0.15) is 0 Å². The van der Waals surface area contributed by atoms with Gasteiger partial charge < -0.3 is 18.6 Å². The topological polar surface area (TPSA) is 32.8 Å². The summed E-state index contributed by atoms with van der Waals surface area (Å²) < 4.78 is 14.1. The van der Waals surface area contributed by atoms with Gasteiger partial charge in [-0.15, -0.1) is 0 Å². The van der Waals surface area contributed by atoms with Crippen LogP contribution in [0.4, 0.5) is 34.1 Å². The molecule has 0 bridgehead atoms. The second-order valence-electron chi connectivity index (χ2n) is 18.4. The molecule has 0 spiro atoms. The molecule has 0 radical (unpaired) electrons. The van der Waals surface area contributed by atoms with Crippen LogP contribution in [-0.4, -0.2) is 0 Å². The normalized spacial score (nSPS) is 12.0. The SMILES string of the molecule is CCCc1cccc2c1oc1c(N(c3cc(C)ccc3C)c3ccc4ccc5c(N(c6cc(C)ccc6C)c6cccc7c6oc6c(CCC)cccc67)ccc6ccc3c4c65)cccc12. The van der Waals surface area contributed by atoms with Gasteiger partial charge in [0.05, 0.1) is 22.7 Å². The lowest BCUT2D eigenvalue weighted by atomic mass is 9.91. The van der Waals surface area contributed by atoms with E-state index in [-0.39, 0.29) is 0 Å². The van der Waals surface area contributed by atoms with Gasteiger partial charge in [-0.05, 0) is 132 Å². The molecule has 66 heavy (non-hydrogen) atoms. The van der Waals surface area contributed by atoms with Crippen molar-refractivity contribution in [1.29, 1.82) is 0 Å². The fourth-order valence-corrected chi connectivity index (χ4v) is 10.9. The molecule has 4 nitrogen and oxygen atoms in total. The van der Waals surface area contributed by atoms with Gasteiger partial charge in [-0.1, -0.05) is 148 Å². The number of rotatable bonds is 10. The Kier molecular flexibility index (Phi) is 9.43.